The van der Waals surface area contributed by atoms with Crippen molar-refractivity contribution >= 4 is 16.5 Å². The molecule has 106 valence electrons. The summed E-state index contributed by atoms with van der Waals surface area (Å²) in [5.74, 6) is -1.67. The molecule has 0 amide bonds. The molecule has 2 N–H and O–H groups in total. The van der Waals surface area contributed by atoms with E-state index in [1.54, 1.807) is 0 Å². The smallest absolute Gasteiger partial charge is 0.144 e. The van der Waals surface area contributed by atoms with Crippen molar-refractivity contribution in [1.82, 2.24) is 0 Å². The van der Waals surface area contributed by atoms with E-state index in [1.165, 1.54) is 0 Å². The quantitative estimate of drug-likeness (QED) is 0.878. The van der Waals surface area contributed by atoms with Gasteiger partial charge >= 0.3 is 0 Å². The average molecular weight is 295 g/mol. The van der Waals surface area contributed by atoms with Gasteiger partial charge in [-0.25, -0.2) is 8.78 Å². The summed E-state index contributed by atoms with van der Waals surface area (Å²) in [6.07, 6.45) is 0.907. The first-order chi connectivity index (χ1) is 9.51. The molecule has 1 unspecified atom stereocenters. The van der Waals surface area contributed by atoms with E-state index >= 15 is 0 Å². The molecule has 5 heteroatoms. The van der Waals surface area contributed by atoms with E-state index in [4.69, 9.17) is 5.73 Å². The second kappa shape index (κ2) is 6.13. The van der Waals surface area contributed by atoms with Crippen LogP contribution in [0.4, 0.5) is 14.5 Å². The van der Waals surface area contributed by atoms with Gasteiger partial charge in [0.1, 0.15) is 16.5 Å². The number of anilines is 1. The predicted molar refractivity (Wildman–Crippen MR) is 76.7 cm³/mol. The Labute approximate surface area is 119 Å². The lowest BCUT2D eigenvalue weighted by Gasteiger charge is -2.07. The van der Waals surface area contributed by atoms with Gasteiger partial charge in [0.2, 0.25) is 0 Å². The Kier molecular flexibility index (Phi) is 4.49. The summed E-state index contributed by atoms with van der Waals surface area (Å²) in [5.41, 5.74) is 7.24. The Morgan fingerprint density at radius 3 is 2.05 bits per heavy atom. The molecule has 0 bridgehead atoms. The van der Waals surface area contributed by atoms with Gasteiger partial charge in [0, 0.05) is 5.69 Å². The van der Waals surface area contributed by atoms with Gasteiger partial charge in [0.05, 0.1) is 16.6 Å². The first-order valence-electron chi connectivity index (χ1n) is 6.22. The fourth-order valence-electron chi connectivity index (χ4n) is 1.89. The standard InChI is InChI=1S/C15H15F2NOS/c1-2-10-3-5-11(6-4-10)9-20(19)15-13(16)7-12(18)8-14(15)17/h3-8H,2,9,18H2,1H3. The van der Waals surface area contributed by atoms with Crippen LogP contribution < -0.4 is 5.73 Å². The predicted octanol–water partition coefficient (Wildman–Crippen LogP) is 3.42. The van der Waals surface area contributed by atoms with E-state index in [0.717, 1.165) is 29.7 Å². The molecule has 2 rings (SSSR count). The Balaban J connectivity index is 2.23. The van der Waals surface area contributed by atoms with Crippen LogP contribution in [0.15, 0.2) is 41.3 Å². The fourth-order valence-corrected chi connectivity index (χ4v) is 3.08. The summed E-state index contributed by atoms with van der Waals surface area (Å²) in [7, 11) is -1.78. The number of benzene rings is 2. The number of rotatable bonds is 4. The summed E-state index contributed by atoms with van der Waals surface area (Å²) in [6, 6.07) is 9.45. The van der Waals surface area contributed by atoms with Crippen LogP contribution in [-0.4, -0.2) is 4.21 Å². The summed E-state index contributed by atoms with van der Waals surface area (Å²) in [6.45, 7) is 2.03. The molecule has 0 fully saturated rings. The molecule has 0 aromatic heterocycles. The topological polar surface area (TPSA) is 43.1 Å². The highest BCUT2D eigenvalue weighted by atomic mass is 32.2. The monoisotopic (exact) mass is 295 g/mol. The van der Waals surface area contributed by atoms with Crippen LogP contribution in [0.5, 0.6) is 0 Å². The molecule has 0 saturated carbocycles. The van der Waals surface area contributed by atoms with Crippen LogP contribution in [0.2, 0.25) is 0 Å². The number of hydrogen-bond donors (Lipinski definition) is 1. The molecule has 20 heavy (non-hydrogen) atoms. The maximum Gasteiger partial charge on any atom is 0.144 e. The van der Waals surface area contributed by atoms with Crippen LogP contribution in [0.25, 0.3) is 0 Å². The zero-order valence-electron chi connectivity index (χ0n) is 11.0. The molecule has 0 aliphatic rings. The summed E-state index contributed by atoms with van der Waals surface area (Å²) < 4.78 is 39.5. The van der Waals surface area contributed by atoms with Crippen LogP contribution in [-0.2, 0) is 23.0 Å². The van der Waals surface area contributed by atoms with Gasteiger partial charge in [-0.05, 0) is 29.7 Å². The lowest BCUT2D eigenvalue weighted by Crippen LogP contribution is -2.04. The van der Waals surface area contributed by atoms with Gasteiger partial charge in [-0.15, -0.1) is 0 Å². The number of nitrogen functional groups attached to an aromatic ring is 1. The molecule has 0 radical (unpaired) electrons. The van der Waals surface area contributed by atoms with E-state index in [0.29, 0.717) is 0 Å². The molecule has 0 aliphatic carbocycles. The highest BCUT2D eigenvalue weighted by Gasteiger charge is 2.17. The van der Waals surface area contributed by atoms with Crippen molar-refractivity contribution < 1.29 is 13.0 Å². The Bertz CT molecular complexity index is 618. The molecule has 1 atom stereocenters. The van der Waals surface area contributed by atoms with Crippen LogP contribution in [0.3, 0.4) is 0 Å². The van der Waals surface area contributed by atoms with E-state index in [1.807, 2.05) is 31.2 Å². The number of hydrogen-bond acceptors (Lipinski definition) is 2. The fraction of sp³-hybridized carbons (Fsp3) is 0.200. The molecule has 0 aliphatic heterocycles. The summed E-state index contributed by atoms with van der Waals surface area (Å²) in [4.78, 5) is -0.418. The van der Waals surface area contributed by atoms with Crippen molar-refractivity contribution in [3.05, 3.63) is 59.2 Å². The van der Waals surface area contributed by atoms with Crippen molar-refractivity contribution in [3.63, 3.8) is 0 Å². The normalized spacial score (nSPS) is 12.3. The highest BCUT2D eigenvalue weighted by molar-refractivity contribution is 7.84. The summed E-state index contributed by atoms with van der Waals surface area (Å²) in [5, 5.41) is 0. The SMILES string of the molecule is CCc1ccc(CS(=O)c2c(F)cc(N)cc2F)cc1. The zero-order chi connectivity index (χ0) is 14.7. The third-order valence-electron chi connectivity index (χ3n) is 2.98. The second-order valence-corrected chi connectivity index (χ2v) is 5.86. The van der Waals surface area contributed by atoms with Crippen molar-refractivity contribution in [1.29, 1.82) is 0 Å². The molecule has 2 aromatic carbocycles. The molecule has 2 aromatic rings. The lowest BCUT2D eigenvalue weighted by molar-refractivity contribution is 0.535. The Morgan fingerprint density at radius 1 is 1.05 bits per heavy atom. The summed E-state index contributed by atoms with van der Waals surface area (Å²) >= 11 is 0. The molecule has 2 nitrogen and oxygen atoms in total. The average Bonchev–Trinajstić information content (AvgIpc) is 2.38. The van der Waals surface area contributed by atoms with Crippen LogP contribution in [0, 0.1) is 11.6 Å². The minimum atomic E-state index is -1.78. The molecular formula is C15H15F2NOS. The van der Waals surface area contributed by atoms with E-state index in [9.17, 15) is 13.0 Å². The number of nitrogens with two attached hydrogens (primary N) is 1. The van der Waals surface area contributed by atoms with Crippen LogP contribution >= 0.6 is 0 Å². The third-order valence-corrected chi connectivity index (χ3v) is 4.42. The van der Waals surface area contributed by atoms with Gasteiger partial charge < -0.3 is 5.73 Å². The van der Waals surface area contributed by atoms with Crippen molar-refractivity contribution in [2.24, 2.45) is 0 Å². The maximum absolute atomic E-state index is 13.7. The maximum atomic E-state index is 13.7. The molecule has 0 saturated heterocycles. The van der Waals surface area contributed by atoms with Crippen LogP contribution in [0.1, 0.15) is 18.1 Å². The highest BCUT2D eigenvalue weighted by Crippen LogP contribution is 2.22. The van der Waals surface area contributed by atoms with E-state index in [-0.39, 0.29) is 11.4 Å². The van der Waals surface area contributed by atoms with Gasteiger partial charge in [-0.1, -0.05) is 31.2 Å². The number of aryl methyl sites for hydroxylation is 1. The third kappa shape index (κ3) is 3.22. The minimum absolute atomic E-state index is 0.0203. The Hall–Kier alpha value is -1.75. The number of halogens is 2. The van der Waals surface area contributed by atoms with Crippen molar-refractivity contribution in [2.75, 3.05) is 5.73 Å². The van der Waals surface area contributed by atoms with Crippen molar-refractivity contribution in [3.8, 4) is 0 Å². The van der Waals surface area contributed by atoms with E-state index in [2.05, 4.69) is 0 Å². The first kappa shape index (κ1) is 14.7. The minimum Gasteiger partial charge on any atom is -0.399 e. The second-order valence-electron chi connectivity index (χ2n) is 4.47. The van der Waals surface area contributed by atoms with Gasteiger partial charge in [0.15, 0.2) is 0 Å². The molecule has 0 spiro atoms. The van der Waals surface area contributed by atoms with E-state index < -0.39 is 27.3 Å². The molecule has 0 heterocycles. The molecular weight excluding hydrogens is 280 g/mol. The van der Waals surface area contributed by atoms with Gasteiger partial charge in [-0.3, -0.25) is 4.21 Å². The van der Waals surface area contributed by atoms with Gasteiger partial charge in [0.25, 0.3) is 0 Å². The van der Waals surface area contributed by atoms with Gasteiger partial charge in [-0.2, -0.15) is 0 Å². The Morgan fingerprint density at radius 2 is 1.55 bits per heavy atom. The largest absolute Gasteiger partial charge is 0.399 e. The van der Waals surface area contributed by atoms with Crippen molar-refractivity contribution in [2.45, 2.75) is 24.0 Å². The first-order valence-corrected chi connectivity index (χ1v) is 7.54. The lowest BCUT2D eigenvalue weighted by atomic mass is 10.1. The zero-order valence-corrected chi connectivity index (χ0v) is 11.8.